The van der Waals surface area contributed by atoms with E-state index in [0.717, 1.165) is 25.1 Å². The first-order valence-electron chi connectivity index (χ1n) is 7.71. The Hall–Kier alpha value is -0.640. The summed E-state index contributed by atoms with van der Waals surface area (Å²) < 4.78 is 13.6. The Labute approximate surface area is 132 Å². The lowest BCUT2D eigenvalue weighted by Gasteiger charge is -2.46. The van der Waals surface area contributed by atoms with Crippen molar-refractivity contribution in [2.75, 3.05) is 13.1 Å². The summed E-state index contributed by atoms with van der Waals surface area (Å²) in [5, 5.41) is 3.89. The van der Waals surface area contributed by atoms with E-state index in [-0.39, 0.29) is 16.4 Å². The molecule has 2 nitrogen and oxygen atoms in total. The molecular weight excluding hydrogens is 287 g/mol. The van der Waals surface area contributed by atoms with Crippen LogP contribution in [0.15, 0.2) is 18.2 Å². The molecule has 1 aromatic rings. The Morgan fingerprint density at radius 1 is 1.43 bits per heavy atom. The second kappa shape index (κ2) is 6.64. The molecule has 1 N–H and O–H groups in total. The van der Waals surface area contributed by atoms with Crippen LogP contribution in [-0.2, 0) is 6.54 Å². The molecule has 0 aliphatic carbocycles. The van der Waals surface area contributed by atoms with Crippen LogP contribution in [0.4, 0.5) is 4.39 Å². The summed E-state index contributed by atoms with van der Waals surface area (Å²) in [4.78, 5) is 2.41. The third-order valence-corrected chi connectivity index (χ3v) is 4.69. The van der Waals surface area contributed by atoms with Crippen molar-refractivity contribution in [2.24, 2.45) is 5.92 Å². The Kier molecular flexibility index (Phi) is 5.29. The number of halogens is 2. The van der Waals surface area contributed by atoms with E-state index in [1.165, 1.54) is 6.07 Å². The van der Waals surface area contributed by atoms with E-state index in [0.29, 0.717) is 18.5 Å². The SMILES string of the molecule is CC(C)CC1CN(Cc2cccc(F)c2Cl)C(C)(C)CN1. The summed E-state index contributed by atoms with van der Waals surface area (Å²) in [6.07, 6.45) is 1.16. The van der Waals surface area contributed by atoms with E-state index >= 15 is 0 Å². The molecule has 1 aromatic carbocycles. The van der Waals surface area contributed by atoms with Crippen molar-refractivity contribution in [1.82, 2.24) is 10.2 Å². The second-order valence-electron chi connectivity index (χ2n) is 7.11. The van der Waals surface area contributed by atoms with E-state index in [2.05, 4.69) is 37.9 Å². The minimum atomic E-state index is -0.333. The van der Waals surface area contributed by atoms with E-state index in [1.807, 2.05) is 6.07 Å². The van der Waals surface area contributed by atoms with Gasteiger partial charge in [0, 0.05) is 31.2 Å². The molecule has 1 aliphatic rings. The lowest BCUT2D eigenvalue weighted by Crippen LogP contribution is -2.61. The van der Waals surface area contributed by atoms with Gasteiger partial charge < -0.3 is 5.32 Å². The molecule has 21 heavy (non-hydrogen) atoms. The number of hydrogen-bond donors (Lipinski definition) is 1. The van der Waals surface area contributed by atoms with Gasteiger partial charge in [-0.25, -0.2) is 4.39 Å². The van der Waals surface area contributed by atoms with Gasteiger partial charge in [-0.1, -0.05) is 37.6 Å². The van der Waals surface area contributed by atoms with E-state index in [1.54, 1.807) is 6.07 Å². The van der Waals surface area contributed by atoms with Gasteiger partial charge in [0.2, 0.25) is 0 Å². The van der Waals surface area contributed by atoms with Crippen molar-refractivity contribution in [2.45, 2.75) is 52.2 Å². The normalized spacial score (nSPS) is 22.7. The first kappa shape index (κ1) is 16.7. The highest BCUT2D eigenvalue weighted by Crippen LogP contribution is 2.27. The molecule has 1 atom stereocenters. The summed E-state index contributed by atoms with van der Waals surface area (Å²) >= 11 is 6.11. The molecule has 118 valence electrons. The third kappa shape index (κ3) is 4.18. The maximum Gasteiger partial charge on any atom is 0.142 e. The molecule has 0 saturated carbocycles. The first-order valence-corrected chi connectivity index (χ1v) is 8.08. The van der Waals surface area contributed by atoms with Gasteiger partial charge >= 0.3 is 0 Å². The fourth-order valence-electron chi connectivity index (χ4n) is 2.97. The van der Waals surface area contributed by atoms with Gasteiger partial charge in [-0.05, 0) is 37.8 Å². The van der Waals surface area contributed by atoms with Crippen LogP contribution in [0, 0.1) is 11.7 Å². The third-order valence-electron chi connectivity index (χ3n) is 4.27. The fourth-order valence-corrected chi connectivity index (χ4v) is 3.15. The summed E-state index contributed by atoms with van der Waals surface area (Å²) in [7, 11) is 0. The highest BCUT2D eigenvalue weighted by Gasteiger charge is 2.34. The molecular formula is C17H26ClFN2. The van der Waals surface area contributed by atoms with Crippen LogP contribution >= 0.6 is 11.6 Å². The van der Waals surface area contributed by atoms with Crippen molar-refractivity contribution in [3.8, 4) is 0 Å². The van der Waals surface area contributed by atoms with Crippen molar-refractivity contribution < 1.29 is 4.39 Å². The zero-order chi connectivity index (χ0) is 15.6. The first-order chi connectivity index (χ1) is 9.79. The predicted molar refractivity (Wildman–Crippen MR) is 87.1 cm³/mol. The zero-order valence-electron chi connectivity index (χ0n) is 13.4. The lowest BCUT2D eigenvalue weighted by molar-refractivity contribution is 0.0535. The molecule has 4 heteroatoms. The van der Waals surface area contributed by atoms with Crippen molar-refractivity contribution in [3.05, 3.63) is 34.6 Å². The van der Waals surface area contributed by atoms with Crippen LogP contribution < -0.4 is 5.32 Å². The average molecular weight is 313 g/mol. The minimum Gasteiger partial charge on any atom is -0.311 e. The quantitative estimate of drug-likeness (QED) is 0.901. The number of hydrogen-bond acceptors (Lipinski definition) is 2. The number of rotatable bonds is 4. The van der Waals surface area contributed by atoms with E-state index in [9.17, 15) is 4.39 Å². The summed E-state index contributed by atoms with van der Waals surface area (Å²) in [5.41, 5.74) is 0.915. The van der Waals surface area contributed by atoms with Crippen LogP contribution in [0.1, 0.15) is 39.7 Å². The molecule has 0 amide bonds. The van der Waals surface area contributed by atoms with Gasteiger partial charge in [-0.3, -0.25) is 4.90 Å². The average Bonchev–Trinajstić information content (AvgIpc) is 2.38. The Morgan fingerprint density at radius 3 is 2.81 bits per heavy atom. The van der Waals surface area contributed by atoms with Gasteiger partial charge in [-0.2, -0.15) is 0 Å². The Balaban J connectivity index is 2.13. The second-order valence-corrected chi connectivity index (χ2v) is 7.49. The van der Waals surface area contributed by atoms with Crippen molar-refractivity contribution in [3.63, 3.8) is 0 Å². The predicted octanol–water partition coefficient (Wildman–Crippen LogP) is 4.08. The maximum atomic E-state index is 13.6. The maximum absolute atomic E-state index is 13.6. The molecule has 0 radical (unpaired) electrons. The molecule has 1 aliphatic heterocycles. The molecule has 0 bridgehead atoms. The minimum absolute atomic E-state index is 0.0448. The fraction of sp³-hybridized carbons (Fsp3) is 0.647. The molecule has 0 aromatic heterocycles. The number of nitrogens with zero attached hydrogens (tertiary/aromatic N) is 1. The van der Waals surface area contributed by atoms with Crippen LogP contribution in [0.3, 0.4) is 0 Å². The topological polar surface area (TPSA) is 15.3 Å². The van der Waals surface area contributed by atoms with Crippen LogP contribution in [0.2, 0.25) is 5.02 Å². The van der Waals surface area contributed by atoms with Gasteiger partial charge in [0.1, 0.15) is 5.82 Å². The van der Waals surface area contributed by atoms with Crippen molar-refractivity contribution in [1.29, 1.82) is 0 Å². The molecule has 0 spiro atoms. The summed E-state index contributed by atoms with van der Waals surface area (Å²) in [5.74, 6) is 0.337. The molecule has 2 rings (SSSR count). The highest BCUT2D eigenvalue weighted by molar-refractivity contribution is 6.31. The Bertz CT molecular complexity index is 488. The van der Waals surface area contributed by atoms with E-state index < -0.39 is 0 Å². The standard InChI is InChI=1S/C17H26ClFN2/c1-12(2)8-14-10-21(17(3,4)11-20-14)9-13-6-5-7-15(19)16(13)18/h5-7,12,14,20H,8-11H2,1-4H3. The van der Waals surface area contributed by atoms with Gasteiger partial charge in [0.15, 0.2) is 0 Å². The summed E-state index contributed by atoms with van der Waals surface area (Å²) in [6.45, 7) is 11.5. The smallest absolute Gasteiger partial charge is 0.142 e. The van der Waals surface area contributed by atoms with Gasteiger partial charge in [-0.15, -0.1) is 0 Å². The number of piperazine rings is 1. The number of benzene rings is 1. The van der Waals surface area contributed by atoms with E-state index in [4.69, 9.17) is 11.6 Å². The van der Waals surface area contributed by atoms with Gasteiger partial charge in [0.25, 0.3) is 0 Å². The Morgan fingerprint density at radius 2 is 2.14 bits per heavy atom. The highest BCUT2D eigenvalue weighted by atomic mass is 35.5. The molecule has 1 fully saturated rings. The monoisotopic (exact) mass is 312 g/mol. The zero-order valence-corrected chi connectivity index (χ0v) is 14.2. The van der Waals surface area contributed by atoms with Crippen LogP contribution in [0.5, 0.6) is 0 Å². The summed E-state index contributed by atoms with van der Waals surface area (Å²) in [6, 6.07) is 5.56. The van der Waals surface area contributed by atoms with Crippen LogP contribution in [-0.4, -0.2) is 29.6 Å². The van der Waals surface area contributed by atoms with Crippen LogP contribution in [0.25, 0.3) is 0 Å². The molecule has 1 heterocycles. The number of nitrogens with one attached hydrogen (secondary N) is 1. The molecule has 1 unspecified atom stereocenters. The lowest BCUT2D eigenvalue weighted by atomic mass is 9.93. The van der Waals surface area contributed by atoms with Crippen molar-refractivity contribution >= 4 is 11.6 Å². The molecule has 1 saturated heterocycles. The van der Waals surface area contributed by atoms with Gasteiger partial charge in [0.05, 0.1) is 5.02 Å². The largest absolute Gasteiger partial charge is 0.311 e.